The minimum Gasteiger partial charge on any atom is -0.488 e. The van der Waals surface area contributed by atoms with Gasteiger partial charge in [-0.2, -0.15) is 0 Å². The van der Waals surface area contributed by atoms with E-state index in [1.54, 1.807) is 0 Å². The Balaban J connectivity index is 1.56. The van der Waals surface area contributed by atoms with Gasteiger partial charge in [0.1, 0.15) is 24.7 Å². The third-order valence-electron chi connectivity index (χ3n) is 4.65. The molecular formula is C23H22O3. The number of rotatable bonds is 7. The highest BCUT2D eigenvalue weighted by atomic mass is 16.5. The number of benzene rings is 3. The summed E-state index contributed by atoms with van der Waals surface area (Å²) < 4.78 is 12.1. The molecule has 0 heterocycles. The molecule has 1 N–H and O–H groups in total. The summed E-state index contributed by atoms with van der Waals surface area (Å²) in [6.45, 7) is 0.929. The lowest BCUT2D eigenvalue weighted by Gasteiger charge is -2.20. The van der Waals surface area contributed by atoms with Crippen LogP contribution >= 0.6 is 0 Å². The van der Waals surface area contributed by atoms with Gasteiger partial charge < -0.3 is 14.6 Å². The quantitative estimate of drug-likeness (QED) is 0.666. The van der Waals surface area contributed by atoms with Crippen LogP contribution in [0, 0.1) is 0 Å². The number of hydrogen-bond acceptors (Lipinski definition) is 3. The third kappa shape index (κ3) is 3.73. The van der Waals surface area contributed by atoms with Crippen molar-refractivity contribution in [3.8, 4) is 11.5 Å². The highest BCUT2D eigenvalue weighted by Crippen LogP contribution is 2.52. The van der Waals surface area contributed by atoms with Crippen LogP contribution in [0.1, 0.15) is 29.5 Å². The summed E-state index contributed by atoms with van der Waals surface area (Å²) in [4.78, 5) is 0. The Morgan fingerprint density at radius 3 is 1.54 bits per heavy atom. The van der Waals surface area contributed by atoms with Crippen molar-refractivity contribution in [2.45, 2.75) is 31.7 Å². The zero-order chi connectivity index (χ0) is 17.8. The molecule has 0 radical (unpaired) electrons. The molecule has 0 saturated heterocycles. The highest BCUT2D eigenvalue weighted by Gasteiger charge is 2.46. The minimum atomic E-state index is -0.834. The first-order valence-corrected chi connectivity index (χ1v) is 8.94. The Morgan fingerprint density at radius 1 is 0.654 bits per heavy atom. The van der Waals surface area contributed by atoms with Gasteiger partial charge >= 0.3 is 0 Å². The smallest absolute Gasteiger partial charge is 0.129 e. The first-order chi connectivity index (χ1) is 12.7. The van der Waals surface area contributed by atoms with E-state index in [-0.39, 0.29) is 0 Å². The summed E-state index contributed by atoms with van der Waals surface area (Å²) in [7, 11) is 0. The van der Waals surface area contributed by atoms with Gasteiger partial charge in [-0.15, -0.1) is 0 Å². The normalized spacial score (nSPS) is 14.7. The van der Waals surface area contributed by atoms with Crippen LogP contribution in [0.15, 0.2) is 78.9 Å². The zero-order valence-corrected chi connectivity index (χ0v) is 14.6. The average Bonchev–Trinajstić information content (AvgIpc) is 3.44. The van der Waals surface area contributed by atoms with Gasteiger partial charge in [-0.05, 0) is 36.1 Å². The average molecular weight is 346 g/mol. The minimum absolute atomic E-state index is 0.464. The Hall–Kier alpha value is -2.78. The molecule has 3 aromatic rings. The molecule has 1 aliphatic carbocycles. The van der Waals surface area contributed by atoms with E-state index in [2.05, 4.69) is 0 Å². The summed E-state index contributed by atoms with van der Waals surface area (Å²) in [5, 5.41) is 10.8. The molecule has 0 atom stereocenters. The van der Waals surface area contributed by atoms with Gasteiger partial charge in [0.15, 0.2) is 0 Å². The van der Waals surface area contributed by atoms with Crippen molar-refractivity contribution >= 4 is 0 Å². The molecule has 1 saturated carbocycles. The lowest BCUT2D eigenvalue weighted by atomic mass is 10.0. The van der Waals surface area contributed by atoms with E-state index in [9.17, 15) is 5.11 Å². The van der Waals surface area contributed by atoms with Crippen molar-refractivity contribution in [3.05, 3.63) is 95.6 Å². The largest absolute Gasteiger partial charge is 0.488 e. The molecule has 0 unspecified atom stereocenters. The molecule has 3 heteroatoms. The van der Waals surface area contributed by atoms with Crippen LogP contribution in [-0.4, -0.2) is 5.11 Å². The molecule has 0 bridgehead atoms. The number of hydrogen-bond donors (Lipinski definition) is 1. The second-order valence-corrected chi connectivity index (χ2v) is 6.71. The number of aliphatic hydroxyl groups is 1. The molecule has 26 heavy (non-hydrogen) atoms. The van der Waals surface area contributed by atoms with E-state index in [0.717, 1.165) is 29.5 Å². The van der Waals surface area contributed by atoms with Crippen molar-refractivity contribution in [2.24, 2.45) is 0 Å². The van der Waals surface area contributed by atoms with E-state index in [4.69, 9.17) is 9.47 Å². The van der Waals surface area contributed by atoms with Gasteiger partial charge in [0, 0.05) is 0 Å². The topological polar surface area (TPSA) is 38.7 Å². The maximum Gasteiger partial charge on any atom is 0.129 e. The summed E-state index contributed by atoms with van der Waals surface area (Å²) >= 11 is 0. The zero-order valence-electron chi connectivity index (χ0n) is 14.6. The van der Waals surface area contributed by atoms with Gasteiger partial charge in [-0.3, -0.25) is 0 Å². The molecule has 0 amide bonds. The standard InChI is InChI=1S/C23H22O3/c24-23(14-15-23)22-20(25-16-18-8-3-1-4-9-18)12-7-13-21(22)26-17-19-10-5-2-6-11-19/h1-13,24H,14-17H2. The molecule has 0 aromatic heterocycles. The van der Waals surface area contributed by atoms with Gasteiger partial charge in [-0.25, -0.2) is 0 Å². The molecular weight excluding hydrogens is 324 g/mol. The molecule has 1 fully saturated rings. The maximum atomic E-state index is 10.8. The summed E-state index contributed by atoms with van der Waals surface area (Å²) in [6, 6.07) is 25.8. The summed E-state index contributed by atoms with van der Waals surface area (Å²) in [5.74, 6) is 1.39. The highest BCUT2D eigenvalue weighted by molar-refractivity contribution is 5.51. The van der Waals surface area contributed by atoms with E-state index >= 15 is 0 Å². The number of ether oxygens (including phenoxy) is 2. The van der Waals surface area contributed by atoms with Crippen LogP contribution in [0.5, 0.6) is 11.5 Å². The SMILES string of the molecule is OC1(c2c(OCc3ccccc3)cccc2OCc2ccccc2)CC1. The van der Waals surface area contributed by atoms with E-state index < -0.39 is 5.60 Å². The van der Waals surface area contributed by atoms with Crippen molar-refractivity contribution in [1.82, 2.24) is 0 Å². The molecule has 3 nitrogen and oxygen atoms in total. The van der Waals surface area contributed by atoms with Gasteiger partial charge in [0.25, 0.3) is 0 Å². The van der Waals surface area contributed by atoms with Crippen LogP contribution in [0.2, 0.25) is 0 Å². The Kier molecular flexibility index (Phi) is 4.63. The predicted octanol–water partition coefficient (Wildman–Crippen LogP) is 4.83. The lowest BCUT2D eigenvalue weighted by Crippen LogP contribution is -2.11. The maximum absolute atomic E-state index is 10.8. The van der Waals surface area contributed by atoms with Crippen LogP contribution in [-0.2, 0) is 18.8 Å². The van der Waals surface area contributed by atoms with Crippen LogP contribution in [0.25, 0.3) is 0 Å². The molecule has 3 aromatic carbocycles. The van der Waals surface area contributed by atoms with Gasteiger partial charge in [-0.1, -0.05) is 66.7 Å². The fraction of sp³-hybridized carbons (Fsp3) is 0.217. The molecule has 0 aliphatic heterocycles. The fourth-order valence-corrected chi connectivity index (χ4v) is 3.05. The van der Waals surface area contributed by atoms with E-state index in [0.29, 0.717) is 24.7 Å². The second-order valence-electron chi connectivity index (χ2n) is 6.71. The van der Waals surface area contributed by atoms with E-state index in [1.807, 2.05) is 78.9 Å². The molecule has 4 rings (SSSR count). The Labute approximate surface area is 153 Å². The summed E-state index contributed by atoms with van der Waals surface area (Å²) in [6.07, 6.45) is 1.47. The lowest BCUT2D eigenvalue weighted by molar-refractivity contribution is 0.138. The third-order valence-corrected chi connectivity index (χ3v) is 4.65. The van der Waals surface area contributed by atoms with Crippen LogP contribution in [0.4, 0.5) is 0 Å². The second kappa shape index (κ2) is 7.22. The Morgan fingerprint density at radius 2 is 1.12 bits per heavy atom. The van der Waals surface area contributed by atoms with Gasteiger partial charge in [0.05, 0.1) is 11.2 Å². The first kappa shape index (κ1) is 16.7. The van der Waals surface area contributed by atoms with Crippen LogP contribution < -0.4 is 9.47 Å². The van der Waals surface area contributed by atoms with Crippen molar-refractivity contribution in [2.75, 3.05) is 0 Å². The van der Waals surface area contributed by atoms with Crippen molar-refractivity contribution in [3.63, 3.8) is 0 Å². The van der Waals surface area contributed by atoms with Gasteiger partial charge in [0.2, 0.25) is 0 Å². The predicted molar refractivity (Wildman–Crippen MR) is 101 cm³/mol. The molecule has 1 aliphatic rings. The molecule has 0 spiro atoms. The van der Waals surface area contributed by atoms with E-state index in [1.165, 1.54) is 0 Å². The summed E-state index contributed by atoms with van der Waals surface area (Å²) in [5.41, 5.74) is 2.12. The fourth-order valence-electron chi connectivity index (χ4n) is 3.05. The molecule has 132 valence electrons. The van der Waals surface area contributed by atoms with Crippen LogP contribution in [0.3, 0.4) is 0 Å². The van der Waals surface area contributed by atoms with Crippen molar-refractivity contribution in [1.29, 1.82) is 0 Å². The first-order valence-electron chi connectivity index (χ1n) is 8.94. The Bertz CT molecular complexity index is 793. The monoisotopic (exact) mass is 346 g/mol. The van der Waals surface area contributed by atoms with Crippen molar-refractivity contribution < 1.29 is 14.6 Å².